The van der Waals surface area contributed by atoms with Gasteiger partial charge in [0, 0.05) is 12.1 Å². The number of methoxy groups -OCH3 is 4. The van der Waals surface area contributed by atoms with Crippen molar-refractivity contribution < 1.29 is 33.5 Å². The lowest BCUT2D eigenvalue weighted by molar-refractivity contribution is -0.385. The third-order valence-corrected chi connectivity index (χ3v) is 3.82. The number of anilines is 1. The lowest BCUT2D eigenvalue weighted by atomic mass is 10.1. The summed E-state index contributed by atoms with van der Waals surface area (Å²) < 4.78 is 20.5. The monoisotopic (exact) mass is 390 g/mol. The molecule has 0 aliphatic heterocycles. The zero-order chi connectivity index (χ0) is 20.8. The van der Waals surface area contributed by atoms with Crippen molar-refractivity contribution >= 4 is 23.3 Å². The van der Waals surface area contributed by atoms with Gasteiger partial charge in [0.25, 0.3) is 11.6 Å². The van der Waals surface area contributed by atoms with Gasteiger partial charge in [0.15, 0.2) is 11.5 Å². The Bertz CT molecular complexity index is 926. The SMILES string of the molecule is COC(=O)c1cc(OC)c(OC)c(OC)c1NC(=O)c1ccccc1[N+](=O)[O-]. The van der Waals surface area contributed by atoms with Gasteiger partial charge >= 0.3 is 5.97 Å². The molecular weight excluding hydrogens is 372 g/mol. The first-order valence-electron chi connectivity index (χ1n) is 7.85. The van der Waals surface area contributed by atoms with Crippen LogP contribution in [0.3, 0.4) is 0 Å². The van der Waals surface area contributed by atoms with Crippen molar-refractivity contribution in [2.75, 3.05) is 33.8 Å². The maximum absolute atomic E-state index is 12.7. The Kier molecular flexibility index (Phi) is 6.38. The quantitative estimate of drug-likeness (QED) is 0.434. The predicted octanol–water partition coefficient (Wildman–Crippen LogP) is 2.66. The maximum Gasteiger partial charge on any atom is 0.340 e. The summed E-state index contributed by atoms with van der Waals surface area (Å²) in [6.07, 6.45) is 0. The number of nitro groups is 1. The molecule has 0 heterocycles. The van der Waals surface area contributed by atoms with E-state index in [0.717, 1.165) is 0 Å². The van der Waals surface area contributed by atoms with E-state index in [1.54, 1.807) is 0 Å². The van der Waals surface area contributed by atoms with E-state index in [0.29, 0.717) is 0 Å². The van der Waals surface area contributed by atoms with Crippen LogP contribution in [-0.2, 0) is 4.74 Å². The second kappa shape index (κ2) is 8.71. The fourth-order valence-corrected chi connectivity index (χ4v) is 2.56. The molecule has 1 N–H and O–H groups in total. The highest BCUT2D eigenvalue weighted by Gasteiger charge is 2.28. The molecule has 2 aromatic carbocycles. The number of carbonyl (C=O) groups excluding carboxylic acids is 2. The average molecular weight is 390 g/mol. The number of hydrogen-bond acceptors (Lipinski definition) is 8. The van der Waals surface area contributed by atoms with Crippen LogP contribution in [0.4, 0.5) is 11.4 Å². The van der Waals surface area contributed by atoms with Gasteiger partial charge in [0.2, 0.25) is 5.75 Å². The fraction of sp³-hybridized carbons (Fsp3) is 0.222. The summed E-state index contributed by atoms with van der Waals surface area (Å²) in [5, 5.41) is 13.7. The highest BCUT2D eigenvalue weighted by atomic mass is 16.6. The summed E-state index contributed by atoms with van der Waals surface area (Å²) >= 11 is 0. The average Bonchev–Trinajstić information content (AvgIpc) is 2.72. The number of nitro benzene ring substituents is 1. The molecule has 0 atom stereocenters. The minimum atomic E-state index is -0.817. The lowest BCUT2D eigenvalue weighted by Gasteiger charge is -2.19. The topological polar surface area (TPSA) is 126 Å². The van der Waals surface area contributed by atoms with Crippen molar-refractivity contribution in [1.82, 2.24) is 0 Å². The summed E-state index contributed by atoms with van der Waals surface area (Å²) in [6, 6.07) is 6.71. The molecule has 0 radical (unpaired) electrons. The fourth-order valence-electron chi connectivity index (χ4n) is 2.56. The first-order chi connectivity index (χ1) is 13.4. The zero-order valence-electron chi connectivity index (χ0n) is 15.6. The van der Waals surface area contributed by atoms with Crippen molar-refractivity contribution in [3.63, 3.8) is 0 Å². The Labute approximate surface area is 160 Å². The van der Waals surface area contributed by atoms with Crippen molar-refractivity contribution in [3.8, 4) is 17.2 Å². The minimum absolute atomic E-state index is 0.00539. The molecule has 10 heteroatoms. The molecule has 1 amide bonds. The van der Waals surface area contributed by atoms with E-state index >= 15 is 0 Å². The number of nitrogens with zero attached hydrogens (tertiary/aromatic N) is 1. The number of para-hydroxylation sites is 1. The number of nitrogens with one attached hydrogen (secondary N) is 1. The van der Waals surface area contributed by atoms with E-state index in [1.165, 1.54) is 58.8 Å². The van der Waals surface area contributed by atoms with E-state index in [2.05, 4.69) is 5.32 Å². The smallest absolute Gasteiger partial charge is 0.340 e. The van der Waals surface area contributed by atoms with Gasteiger partial charge < -0.3 is 24.3 Å². The van der Waals surface area contributed by atoms with E-state index < -0.39 is 16.8 Å². The van der Waals surface area contributed by atoms with Gasteiger partial charge in [-0.2, -0.15) is 0 Å². The second-order valence-electron chi connectivity index (χ2n) is 5.29. The highest BCUT2D eigenvalue weighted by Crippen LogP contribution is 2.45. The Balaban J connectivity index is 2.65. The van der Waals surface area contributed by atoms with E-state index in [4.69, 9.17) is 18.9 Å². The maximum atomic E-state index is 12.7. The van der Waals surface area contributed by atoms with E-state index in [1.807, 2.05) is 0 Å². The molecule has 0 saturated heterocycles. The van der Waals surface area contributed by atoms with Crippen LogP contribution in [0.5, 0.6) is 17.2 Å². The first-order valence-corrected chi connectivity index (χ1v) is 7.85. The van der Waals surface area contributed by atoms with Gasteiger partial charge in [-0.1, -0.05) is 12.1 Å². The van der Waals surface area contributed by atoms with Crippen LogP contribution in [0.15, 0.2) is 30.3 Å². The van der Waals surface area contributed by atoms with Gasteiger partial charge in [-0.15, -0.1) is 0 Å². The zero-order valence-corrected chi connectivity index (χ0v) is 15.6. The van der Waals surface area contributed by atoms with Crippen LogP contribution >= 0.6 is 0 Å². The van der Waals surface area contributed by atoms with Crippen molar-refractivity contribution in [1.29, 1.82) is 0 Å². The van der Waals surface area contributed by atoms with Crippen LogP contribution < -0.4 is 19.5 Å². The molecular formula is C18H18N2O8. The lowest BCUT2D eigenvalue weighted by Crippen LogP contribution is -2.18. The first kappa shape index (κ1) is 20.5. The molecule has 0 spiro atoms. The number of carbonyl (C=O) groups is 2. The van der Waals surface area contributed by atoms with E-state index in [9.17, 15) is 19.7 Å². The number of esters is 1. The van der Waals surface area contributed by atoms with Crippen LogP contribution in [0.2, 0.25) is 0 Å². The Morgan fingerprint density at radius 3 is 2.14 bits per heavy atom. The third-order valence-electron chi connectivity index (χ3n) is 3.82. The standard InChI is InChI=1S/C18H18N2O8/c1-25-13-9-11(18(22)28-4)14(16(27-3)15(13)26-2)19-17(21)10-7-5-6-8-12(10)20(23)24/h5-9H,1-4H3,(H,19,21). The van der Waals surface area contributed by atoms with Gasteiger partial charge in [-0.05, 0) is 6.07 Å². The summed E-state index contributed by atoms with van der Waals surface area (Å²) in [7, 11) is 5.19. The third kappa shape index (κ3) is 3.80. The summed E-state index contributed by atoms with van der Waals surface area (Å²) in [5.41, 5.74) is -0.738. The molecule has 0 unspecified atom stereocenters. The molecule has 28 heavy (non-hydrogen) atoms. The molecule has 0 saturated carbocycles. The van der Waals surface area contributed by atoms with Crippen LogP contribution in [-0.4, -0.2) is 45.2 Å². The predicted molar refractivity (Wildman–Crippen MR) is 98.5 cm³/mol. The molecule has 0 aliphatic carbocycles. The van der Waals surface area contributed by atoms with Crippen LogP contribution in [0.1, 0.15) is 20.7 Å². The molecule has 0 bridgehead atoms. The molecule has 0 aliphatic rings. The minimum Gasteiger partial charge on any atom is -0.493 e. The molecule has 2 rings (SSSR count). The van der Waals surface area contributed by atoms with Crippen molar-refractivity contribution in [2.24, 2.45) is 0 Å². The molecule has 0 fully saturated rings. The molecule has 148 valence electrons. The molecule has 10 nitrogen and oxygen atoms in total. The normalized spacial score (nSPS) is 10.0. The van der Waals surface area contributed by atoms with Crippen LogP contribution in [0, 0.1) is 10.1 Å². The number of hydrogen-bond donors (Lipinski definition) is 1. The van der Waals surface area contributed by atoms with Gasteiger partial charge in [-0.25, -0.2) is 4.79 Å². The number of rotatable bonds is 7. The van der Waals surface area contributed by atoms with Crippen molar-refractivity contribution in [3.05, 3.63) is 51.6 Å². The van der Waals surface area contributed by atoms with E-state index in [-0.39, 0.29) is 39.8 Å². The summed E-state index contributed by atoms with van der Waals surface area (Å²) in [4.78, 5) is 35.5. The number of benzene rings is 2. The largest absolute Gasteiger partial charge is 0.493 e. The highest BCUT2D eigenvalue weighted by molar-refractivity contribution is 6.11. The summed E-state index contributed by atoms with van der Waals surface area (Å²) in [6.45, 7) is 0. The van der Waals surface area contributed by atoms with Gasteiger partial charge in [-0.3, -0.25) is 14.9 Å². The van der Waals surface area contributed by atoms with Gasteiger partial charge in [0.05, 0.1) is 38.9 Å². The Morgan fingerprint density at radius 1 is 0.964 bits per heavy atom. The second-order valence-corrected chi connectivity index (χ2v) is 5.29. The Hall–Kier alpha value is -3.82. The molecule has 2 aromatic rings. The molecule has 0 aromatic heterocycles. The van der Waals surface area contributed by atoms with Crippen molar-refractivity contribution in [2.45, 2.75) is 0 Å². The van der Waals surface area contributed by atoms with Gasteiger partial charge in [0.1, 0.15) is 11.3 Å². The number of ether oxygens (including phenoxy) is 4. The Morgan fingerprint density at radius 2 is 1.61 bits per heavy atom. The van der Waals surface area contributed by atoms with Crippen LogP contribution in [0.25, 0.3) is 0 Å². The number of amides is 1. The summed E-state index contributed by atoms with van der Waals surface area (Å²) in [5.74, 6) is -1.31.